The number of methoxy groups -OCH3 is 1. The molecule has 0 aliphatic carbocycles. The van der Waals surface area contributed by atoms with E-state index >= 15 is 0 Å². The normalized spacial score (nSPS) is 11.8. The van der Waals surface area contributed by atoms with Gasteiger partial charge in [-0.1, -0.05) is 18.5 Å². The van der Waals surface area contributed by atoms with Gasteiger partial charge in [0.2, 0.25) is 5.91 Å². The van der Waals surface area contributed by atoms with E-state index in [4.69, 9.17) is 21.1 Å². The SMILES string of the molecule is CCC(C)(C)NC(=O)/C=C/c1cc(Cl)c(OC(C)C)c(OC)c1. The van der Waals surface area contributed by atoms with Crippen LogP contribution in [0.4, 0.5) is 0 Å². The van der Waals surface area contributed by atoms with Crippen molar-refractivity contribution in [2.75, 3.05) is 7.11 Å². The first-order valence-corrected chi connectivity index (χ1v) is 8.10. The molecule has 1 rings (SSSR count). The summed E-state index contributed by atoms with van der Waals surface area (Å²) in [5, 5.41) is 3.39. The summed E-state index contributed by atoms with van der Waals surface area (Å²) in [6.07, 6.45) is 4.04. The van der Waals surface area contributed by atoms with Gasteiger partial charge in [-0.15, -0.1) is 0 Å². The van der Waals surface area contributed by atoms with Crippen molar-refractivity contribution in [2.45, 2.75) is 52.7 Å². The second kappa shape index (κ2) is 8.25. The maximum absolute atomic E-state index is 12.0. The Morgan fingerprint density at radius 1 is 1.39 bits per heavy atom. The summed E-state index contributed by atoms with van der Waals surface area (Å²) in [5.41, 5.74) is 0.540. The molecule has 0 heterocycles. The molecular weight excluding hydrogens is 314 g/mol. The highest BCUT2D eigenvalue weighted by atomic mass is 35.5. The number of nitrogens with one attached hydrogen (secondary N) is 1. The first-order valence-electron chi connectivity index (χ1n) is 7.73. The van der Waals surface area contributed by atoms with Crippen LogP contribution in [-0.4, -0.2) is 24.7 Å². The van der Waals surface area contributed by atoms with E-state index in [1.54, 1.807) is 25.3 Å². The molecule has 128 valence electrons. The molecule has 23 heavy (non-hydrogen) atoms. The van der Waals surface area contributed by atoms with E-state index in [1.165, 1.54) is 6.08 Å². The van der Waals surface area contributed by atoms with Crippen molar-refractivity contribution in [3.05, 3.63) is 28.8 Å². The molecule has 1 amide bonds. The van der Waals surface area contributed by atoms with E-state index in [1.807, 2.05) is 34.6 Å². The fraction of sp³-hybridized carbons (Fsp3) is 0.500. The number of ether oxygens (including phenoxy) is 2. The average Bonchev–Trinajstić information content (AvgIpc) is 2.46. The highest BCUT2D eigenvalue weighted by Gasteiger charge is 2.16. The summed E-state index contributed by atoms with van der Waals surface area (Å²) >= 11 is 6.26. The van der Waals surface area contributed by atoms with Crippen LogP contribution in [0, 0.1) is 0 Å². The van der Waals surface area contributed by atoms with Crippen molar-refractivity contribution in [3.8, 4) is 11.5 Å². The van der Waals surface area contributed by atoms with Gasteiger partial charge in [0, 0.05) is 11.6 Å². The lowest BCUT2D eigenvalue weighted by molar-refractivity contribution is -0.117. The van der Waals surface area contributed by atoms with E-state index < -0.39 is 0 Å². The van der Waals surface area contributed by atoms with Crippen LogP contribution in [-0.2, 0) is 4.79 Å². The van der Waals surface area contributed by atoms with Gasteiger partial charge in [0.05, 0.1) is 18.2 Å². The number of hydrogen-bond acceptors (Lipinski definition) is 3. The number of amides is 1. The summed E-state index contributed by atoms with van der Waals surface area (Å²) in [5.74, 6) is 0.910. The topological polar surface area (TPSA) is 47.6 Å². The lowest BCUT2D eigenvalue weighted by Gasteiger charge is -2.23. The third kappa shape index (κ3) is 6.14. The van der Waals surface area contributed by atoms with Crippen molar-refractivity contribution in [2.24, 2.45) is 0 Å². The average molecular weight is 340 g/mol. The molecule has 0 fully saturated rings. The Morgan fingerprint density at radius 3 is 2.57 bits per heavy atom. The van der Waals surface area contributed by atoms with Gasteiger partial charge in [0.25, 0.3) is 0 Å². The molecular formula is C18H26ClNO3. The molecule has 0 saturated carbocycles. The van der Waals surface area contributed by atoms with Crippen LogP contribution in [0.5, 0.6) is 11.5 Å². The number of rotatable bonds is 7. The minimum atomic E-state index is -0.230. The monoisotopic (exact) mass is 339 g/mol. The van der Waals surface area contributed by atoms with E-state index in [-0.39, 0.29) is 17.6 Å². The smallest absolute Gasteiger partial charge is 0.244 e. The minimum Gasteiger partial charge on any atom is -0.493 e. The van der Waals surface area contributed by atoms with Gasteiger partial charge in [-0.2, -0.15) is 0 Å². The fourth-order valence-corrected chi connectivity index (χ4v) is 2.09. The molecule has 1 N–H and O–H groups in total. The highest BCUT2D eigenvalue weighted by Crippen LogP contribution is 2.37. The van der Waals surface area contributed by atoms with E-state index in [0.717, 1.165) is 12.0 Å². The number of halogens is 1. The van der Waals surface area contributed by atoms with Crippen LogP contribution in [0.2, 0.25) is 5.02 Å². The van der Waals surface area contributed by atoms with E-state index in [9.17, 15) is 4.79 Å². The quantitative estimate of drug-likeness (QED) is 0.746. The second-order valence-electron chi connectivity index (χ2n) is 6.26. The van der Waals surface area contributed by atoms with Crippen LogP contribution in [0.1, 0.15) is 46.6 Å². The summed E-state index contributed by atoms with van der Waals surface area (Å²) in [6, 6.07) is 3.54. The number of carbonyl (C=O) groups excluding carboxylic acids is 1. The predicted molar refractivity (Wildman–Crippen MR) is 95.3 cm³/mol. The molecule has 0 unspecified atom stereocenters. The zero-order valence-electron chi connectivity index (χ0n) is 14.7. The molecule has 1 aromatic carbocycles. The van der Waals surface area contributed by atoms with E-state index in [2.05, 4.69) is 5.32 Å². The summed E-state index contributed by atoms with van der Waals surface area (Å²) in [4.78, 5) is 12.0. The highest BCUT2D eigenvalue weighted by molar-refractivity contribution is 6.32. The molecule has 4 nitrogen and oxygen atoms in total. The van der Waals surface area contributed by atoms with Gasteiger partial charge >= 0.3 is 0 Å². The molecule has 0 aliphatic heterocycles. The molecule has 0 aliphatic rings. The van der Waals surface area contributed by atoms with Crippen LogP contribution < -0.4 is 14.8 Å². The lowest BCUT2D eigenvalue weighted by atomic mass is 10.0. The van der Waals surface area contributed by atoms with Gasteiger partial charge in [0.1, 0.15) is 0 Å². The largest absolute Gasteiger partial charge is 0.493 e. The Labute approximate surface area is 143 Å². The molecule has 0 aromatic heterocycles. The number of hydrogen-bond donors (Lipinski definition) is 1. The maximum Gasteiger partial charge on any atom is 0.244 e. The third-order valence-electron chi connectivity index (χ3n) is 3.38. The lowest BCUT2D eigenvalue weighted by Crippen LogP contribution is -2.41. The van der Waals surface area contributed by atoms with Crippen LogP contribution in [0.3, 0.4) is 0 Å². The summed E-state index contributed by atoms with van der Waals surface area (Å²) < 4.78 is 11.0. The van der Waals surface area contributed by atoms with Gasteiger partial charge in [0.15, 0.2) is 11.5 Å². The van der Waals surface area contributed by atoms with Crippen LogP contribution in [0.25, 0.3) is 6.08 Å². The van der Waals surface area contributed by atoms with Crippen molar-refractivity contribution in [1.29, 1.82) is 0 Å². The zero-order chi connectivity index (χ0) is 17.6. The predicted octanol–water partition coefficient (Wildman–Crippen LogP) is 4.45. The van der Waals surface area contributed by atoms with Gasteiger partial charge < -0.3 is 14.8 Å². The summed E-state index contributed by atoms with van der Waals surface area (Å²) in [6.45, 7) is 9.84. The molecule has 5 heteroatoms. The first-order chi connectivity index (χ1) is 10.7. The Morgan fingerprint density at radius 2 is 2.04 bits per heavy atom. The fourth-order valence-electron chi connectivity index (χ4n) is 1.82. The maximum atomic E-state index is 12.0. The zero-order valence-corrected chi connectivity index (χ0v) is 15.5. The summed E-state index contributed by atoms with van der Waals surface area (Å²) in [7, 11) is 1.56. The van der Waals surface area contributed by atoms with Gasteiger partial charge in [-0.3, -0.25) is 4.79 Å². The van der Waals surface area contributed by atoms with Gasteiger partial charge in [-0.05, 0) is 57.9 Å². The molecule has 0 saturated heterocycles. The Hall–Kier alpha value is -1.68. The standard InChI is InChI=1S/C18H26ClNO3/c1-7-18(4,5)20-16(21)9-8-13-10-14(19)17(23-12(2)3)15(11-13)22-6/h8-12H,7H2,1-6H3,(H,20,21)/b9-8+. The minimum absolute atomic E-state index is 0.00940. The van der Waals surface area contributed by atoms with Crippen molar-refractivity contribution < 1.29 is 14.3 Å². The molecule has 0 atom stereocenters. The second-order valence-corrected chi connectivity index (χ2v) is 6.67. The number of benzene rings is 1. The Bertz CT molecular complexity index is 580. The molecule has 0 radical (unpaired) electrons. The number of carbonyl (C=O) groups is 1. The van der Waals surface area contributed by atoms with Crippen LogP contribution in [0.15, 0.2) is 18.2 Å². The van der Waals surface area contributed by atoms with Crippen molar-refractivity contribution >= 4 is 23.6 Å². The Balaban J connectivity index is 2.95. The van der Waals surface area contributed by atoms with Gasteiger partial charge in [-0.25, -0.2) is 0 Å². The molecule has 0 bridgehead atoms. The van der Waals surface area contributed by atoms with E-state index in [0.29, 0.717) is 16.5 Å². The Kier molecular flexibility index (Phi) is 6.95. The third-order valence-corrected chi connectivity index (χ3v) is 3.66. The van der Waals surface area contributed by atoms with Crippen molar-refractivity contribution in [1.82, 2.24) is 5.32 Å². The van der Waals surface area contributed by atoms with Crippen molar-refractivity contribution in [3.63, 3.8) is 0 Å². The molecule has 1 aromatic rings. The van der Waals surface area contributed by atoms with Crippen LogP contribution >= 0.6 is 11.6 Å². The molecule has 0 spiro atoms. The first kappa shape index (κ1) is 19.4.